The molecule has 1 N–H and O–H groups in total. The van der Waals surface area contributed by atoms with Crippen molar-refractivity contribution >= 4 is 28.9 Å². The Morgan fingerprint density at radius 3 is 2.53 bits per heavy atom. The number of halogens is 3. The van der Waals surface area contributed by atoms with Crippen LogP contribution in [0.25, 0.3) is 0 Å². The molecule has 0 bridgehead atoms. The van der Waals surface area contributed by atoms with E-state index in [1.807, 2.05) is 13.2 Å². The van der Waals surface area contributed by atoms with Crippen LogP contribution >= 0.6 is 23.2 Å². The topological polar surface area (TPSA) is 29.9 Å². The van der Waals surface area contributed by atoms with Gasteiger partial charge in [0.15, 0.2) is 5.82 Å². The minimum atomic E-state index is -0.593. The van der Waals surface area contributed by atoms with Crippen molar-refractivity contribution in [1.29, 1.82) is 0 Å². The third-order valence-corrected chi connectivity index (χ3v) is 3.34. The molecule has 0 saturated heterocycles. The fourth-order valence-electron chi connectivity index (χ4n) is 1.88. The maximum atomic E-state index is 13.3. The van der Waals surface area contributed by atoms with Gasteiger partial charge in [-0.3, -0.25) is 4.68 Å². The minimum absolute atomic E-state index is 0.0110. The molecule has 0 aliphatic rings. The molecule has 1 heterocycles. The number of aromatic nitrogens is 2. The number of nitrogens with one attached hydrogen (secondary N) is 1. The molecule has 0 amide bonds. The van der Waals surface area contributed by atoms with Crippen LogP contribution in [0.15, 0.2) is 18.3 Å². The van der Waals surface area contributed by atoms with Crippen molar-refractivity contribution in [2.24, 2.45) is 7.05 Å². The van der Waals surface area contributed by atoms with Gasteiger partial charge in [0.2, 0.25) is 0 Å². The van der Waals surface area contributed by atoms with Crippen LogP contribution in [-0.4, -0.2) is 9.78 Å². The second kappa shape index (κ2) is 5.80. The lowest BCUT2D eigenvalue weighted by Crippen LogP contribution is -2.01. The number of benzene rings is 1. The highest BCUT2D eigenvalue weighted by Gasteiger charge is 2.09. The third kappa shape index (κ3) is 3.19. The van der Waals surface area contributed by atoms with E-state index >= 15 is 0 Å². The van der Waals surface area contributed by atoms with Gasteiger partial charge < -0.3 is 5.32 Å². The summed E-state index contributed by atoms with van der Waals surface area (Å²) < 4.78 is 15.1. The van der Waals surface area contributed by atoms with E-state index in [1.165, 1.54) is 12.1 Å². The second-order valence-electron chi connectivity index (χ2n) is 4.24. The van der Waals surface area contributed by atoms with Crippen molar-refractivity contribution in [3.8, 4) is 0 Å². The molecule has 0 fully saturated rings. The fourth-order valence-corrected chi connectivity index (χ4v) is 2.37. The van der Waals surface area contributed by atoms with E-state index in [1.54, 1.807) is 4.68 Å². The lowest BCUT2D eigenvalue weighted by molar-refractivity contribution is 0.629. The zero-order valence-electron chi connectivity index (χ0n) is 10.7. The van der Waals surface area contributed by atoms with Gasteiger partial charge in [-0.05, 0) is 18.6 Å². The Kier molecular flexibility index (Phi) is 4.32. The van der Waals surface area contributed by atoms with Crippen molar-refractivity contribution in [3.63, 3.8) is 0 Å². The largest absolute Gasteiger partial charge is 0.381 e. The quantitative estimate of drug-likeness (QED) is 0.864. The van der Waals surface area contributed by atoms with Gasteiger partial charge in [0.05, 0.1) is 15.7 Å². The summed E-state index contributed by atoms with van der Waals surface area (Å²) in [6.45, 7) is 2.65. The maximum Gasteiger partial charge on any atom is 0.160 e. The highest BCUT2D eigenvalue weighted by molar-refractivity contribution is 6.35. The summed E-state index contributed by atoms with van der Waals surface area (Å²) in [5.41, 5.74) is 2.82. The van der Waals surface area contributed by atoms with Gasteiger partial charge in [0.1, 0.15) is 0 Å². The SMILES string of the molecule is CCc1nn(C)cc1CNc1cc(Cl)c(F)c(Cl)c1. The average molecular weight is 302 g/mol. The van der Waals surface area contributed by atoms with Crippen LogP contribution in [-0.2, 0) is 20.0 Å². The van der Waals surface area contributed by atoms with Crippen LogP contribution in [0, 0.1) is 5.82 Å². The number of rotatable bonds is 4. The van der Waals surface area contributed by atoms with Gasteiger partial charge in [-0.15, -0.1) is 0 Å². The third-order valence-electron chi connectivity index (χ3n) is 2.79. The standard InChI is InChI=1S/C13H14Cl2FN3/c1-3-12-8(7-19(2)18-12)6-17-9-4-10(14)13(16)11(15)5-9/h4-5,7,17H,3,6H2,1-2H3. The summed E-state index contributed by atoms with van der Waals surface area (Å²) in [4.78, 5) is 0. The highest BCUT2D eigenvalue weighted by Crippen LogP contribution is 2.27. The summed E-state index contributed by atoms with van der Waals surface area (Å²) in [6.07, 6.45) is 2.82. The number of hydrogen-bond donors (Lipinski definition) is 1. The molecule has 102 valence electrons. The molecule has 19 heavy (non-hydrogen) atoms. The van der Waals surface area contributed by atoms with Crippen molar-refractivity contribution in [3.05, 3.63) is 45.4 Å². The zero-order chi connectivity index (χ0) is 14.0. The Labute approximate surface area is 121 Å². The smallest absolute Gasteiger partial charge is 0.160 e. The fraction of sp³-hybridized carbons (Fsp3) is 0.308. The van der Waals surface area contributed by atoms with Crippen molar-refractivity contribution < 1.29 is 4.39 Å². The predicted octanol–water partition coefficient (Wildman–Crippen LogP) is 4.04. The van der Waals surface area contributed by atoms with Gasteiger partial charge in [-0.25, -0.2) is 4.39 Å². The van der Waals surface area contributed by atoms with E-state index in [2.05, 4.69) is 17.3 Å². The number of hydrogen-bond acceptors (Lipinski definition) is 2. The first kappa shape index (κ1) is 14.2. The van der Waals surface area contributed by atoms with Crippen LogP contribution in [0.1, 0.15) is 18.2 Å². The molecular formula is C13H14Cl2FN3. The highest BCUT2D eigenvalue weighted by atomic mass is 35.5. The molecule has 3 nitrogen and oxygen atoms in total. The Bertz CT molecular complexity index is 573. The molecule has 0 aliphatic heterocycles. The van der Waals surface area contributed by atoms with E-state index in [9.17, 15) is 4.39 Å². The van der Waals surface area contributed by atoms with Crippen LogP contribution in [0.2, 0.25) is 10.0 Å². The first-order valence-corrected chi connectivity index (χ1v) is 6.66. The average Bonchev–Trinajstić information content (AvgIpc) is 2.73. The number of aryl methyl sites for hydroxylation is 2. The molecule has 0 radical (unpaired) electrons. The minimum Gasteiger partial charge on any atom is -0.381 e. The lowest BCUT2D eigenvalue weighted by atomic mass is 10.2. The van der Waals surface area contributed by atoms with E-state index in [4.69, 9.17) is 23.2 Å². The molecule has 0 atom stereocenters. The van der Waals surface area contributed by atoms with E-state index in [0.29, 0.717) is 12.2 Å². The van der Waals surface area contributed by atoms with Gasteiger partial charge in [-0.2, -0.15) is 5.10 Å². The van der Waals surface area contributed by atoms with Gasteiger partial charge in [0, 0.05) is 31.0 Å². The van der Waals surface area contributed by atoms with Crippen LogP contribution < -0.4 is 5.32 Å². The van der Waals surface area contributed by atoms with Crippen LogP contribution in [0.3, 0.4) is 0 Å². The van der Waals surface area contributed by atoms with Crippen molar-refractivity contribution in [2.75, 3.05) is 5.32 Å². The summed E-state index contributed by atoms with van der Waals surface area (Å²) in [7, 11) is 1.88. The molecule has 0 unspecified atom stereocenters. The van der Waals surface area contributed by atoms with E-state index < -0.39 is 5.82 Å². The Morgan fingerprint density at radius 1 is 1.32 bits per heavy atom. The first-order chi connectivity index (χ1) is 9.01. The summed E-state index contributed by atoms with van der Waals surface area (Å²) in [5, 5.41) is 7.55. The van der Waals surface area contributed by atoms with Gasteiger partial charge in [-0.1, -0.05) is 30.1 Å². The van der Waals surface area contributed by atoms with Crippen molar-refractivity contribution in [1.82, 2.24) is 9.78 Å². The van der Waals surface area contributed by atoms with E-state index in [0.717, 1.165) is 17.7 Å². The summed E-state index contributed by atoms with van der Waals surface area (Å²) in [6, 6.07) is 3.04. The van der Waals surface area contributed by atoms with Crippen molar-refractivity contribution in [2.45, 2.75) is 19.9 Å². The number of anilines is 1. The molecule has 2 aromatic rings. The Morgan fingerprint density at radius 2 is 1.95 bits per heavy atom. The van der Waals surface area contributed by atoms with Crippen LogP contribution in [0.4, 0.5) is 10.1 Å². The Balaban J connectivity index is 2.14. The Hall–Kier alpha value is -1.26. The second-order valence-corrected chi connectivity index (χ2v) is 5.05. The van der Waals surface area contributed by atoms with Gasteiger partial charge in [0.25, 0.3) is 0 Å². The first-order valence-electron chi connectivity index (χ1n) is 5.91. The zero-order valence-corrected chi connectivity index (χ0v) is 12.2. The summed E-state index contributed by atoms with van der Waals surface area (Å²) >= 11 is 11.5. The molecule has 1 aromatic heterocycles. The molecule has 0 spiro atoms. The summed E-state index contributed by atoms with van der Waals surface area (Å²) in [5.74, 6) is -0.593. The molecule has 1 aromatic carbocycles. The van der Waals surface area contributed by atoms with Crippen LogP contribution in [0.5, 0.6) is 0 Å². The molecular weight excluding hydrogens is 288 g/mol. The predicted molar refractivity (Wildman–Crippen MR) is 76.3 cm³/mol. The van der Waals surface area contributed by atoms with E-state index in [-0.39, 0.29) is 10.0 Å². The molecule has 0 aliphatic carbocycles. The molecule has 6 heteroatoms. The monoisotopic (exact) mass is 301 g/mol. The van der Waals surface area contributed by atoms with Gasteiger partial charge >= 0.3 is 0 Å². The lowest BCUT2D eigenvalue weighted by Gasteiger charge is -2.08. The molecule has 2 rings (SSSR count). The number of nitrogens with zero attached hydrogens (tertiary/aromatic N) is 2. The molecule has 0 saturated carbocycles. The maximum absolute atomic E-state index is 13.3. The normalized spacial score (nSPS) is 10.8.